The monoisotopic (exact) mass is 341 g/mol. The number of aliphatic carboxylic acids is 1. The number of hydrogen-bond acceptors (Lipinski definition) is 2. The third-order valence-corrected chi connectivity index (χ3v) is 6.65. The first-order chi connectivity index (χ1) is 11.9. The van der Waals surface area contributed by atoms with Gasteiger partial charge in [0.05, 0.1) is 0 Å². The summed E-state index contributed by atoms with van der Waals surface area (Å²) in [6.45, 7) is 1.99. The smallest absolute Gasteiger partial charge is 0.326 e. The molecule has 4 fully saturated rings. The van der Waals surface area contributed by atoms with E-state index in [1.165, 1.54) is 19.3 Å². The molecule has 1 atom stereocenters. The maximum absolute atomic E-state index is 13.1. The zero-order chi connectivity index (χ0) is 17.6. The van der Waals surface area contributed by atoms with Crippen LogP contribution in [0.4, 0.5) is 0 Å². The Hall–Kier alpha value is -1.84. The van der Waals surface area contributed by atoms with Crippen molar-refractivity contribution in [1.29, 1.82) is 0 Å². The Labute approximate surface area is 149 Å². The van der Waals surface area contributed by atoms with Crippen LogP contribution >= 0.6 is 0 Å². The van der Waals surface area contributed by atoms with Crippen molar-refractivity contribution >= 4 is 11.9 Å². The van der Waals surface area contributed by atoms with Gasteiger partial charge in [0.2, 0.25) is 5.91 Å². The molecule has 0 radical (unpaired) electrons. The summed E-state index contributed by atoms with van der Waals surface area (Å²) >= 11 is 0. The minimum Gasteiger partial charge on any atom is -0.480 e. The van der Waals surface area contributed by atoms with Crippen LogP contribution in [0.25, 0.3) is 0 Å². The maximum atomic E-state index is 13.1. The van der Waals surface area contributed by atoms with E-state index in [0.29, 0.717) is 24.2 Å². The highest BCUT2D eigenvalue weighted by molar-refractivity contribution is 5.88. The summed E-state index contributed by atoms with van der Waals surface area (Å²) in [5.74, 6) is 1.08. The summed E-state index contributed by atoms with van der Waals surface area (Å²) in [7, 11) is 0. The SMILES string of the molecule is Cc1cccc(C[C@@H](NC(=O)C23CC4CC(CC(C4)C2)C3)C(=O)O)c1. The van der Waals surface area contributed by atoms with Gasteiger partial charge in [-0.15, -0.1) is 0 Å². The van der Waals surface area contributed by atoms with Gasteiger partial charge in [0.1, 0.15) is 6.04 Å². The van der Waals surface area contributed by atoms with E-state index < -0.39 is 12.0 Å². The van der Waals surface area contributed by atoms with Gasteiger partial charge in [-0.2, -0.15) is 0 Å². The number of carboxylic acid groups (broad SMARTS) is 1. The van der Waals surface area contributed by atoms with Crippen molar-refractivity contribution in [3.8, 4) is 0 Å². The van der Waals surface area contributed by atoms with Crippen molar-refractivity contribution in [2.24, 2.45) is 23.2 Å². The van der Waals surface area contributed by atoms with Gasteiger partial charge in [-0.25, -0.2) is 4.79 Å². The molecule has 4 aliphatic carbocycles. The average molecular weight is 341 g/mol. The molecule has 2 N–H and O–H groups in total. The molecule has 1 aromatic carbocycles. The molecular formula is C21H27NO3. The Balaban J connectivity index is 1.49. The molecule has 0 unspecified atom stereocenters. The lowest BCUT2D eigenvalue weighted by atomic mass is 9.49. The number of nitrogens with one attached hydrogen (secondary N) is 1. The second kappa shape index (κ2) is 6.15. The van der Waals surface area contributed by atoms with Crippen LogP contribution in [0.3, 0.4) is 0 Å². The standard InChI is InChI=1S/C21H27NO3/c1-13-3-2-4-14(5-13)9-18(19(23)24)22-20(25)21-10-15-6-16(11-21)8-17(7-15)12-21/h2-5,15-18H,6-12H2,1H3,(H,22,25)(H,23,24)/t15?,16?,17?,18-,21?/m1/s1. The quantitative estimate of drug-likeness (QED) is 0.863. The molecule has 4 saturated carbocycles. The van der Waals surface area contributed by atoms with Crippen molar-refractivity contribution in [1.82, 2.24) is 5.32 Å². The van der Waals surface area contributed by atoms with Gasteiger partial charge in [0.25, 0.3) is 0 Å². The molecule has 4 heteroatoms. The number of carbonyl (C=O) groups is 2. The van der Waals surface area contributed by atoms with E-state index in [-0.39, 0.29) is 11.3 Å². The largest absolute Gasteiger partial charge is 0.480 e. The zero-order valence-corrected chi connectivity index (χ0v) is 14.8. The van der Waals surface area contributed by atoms with Crippen LogP contribution < -0.4 is 5.32 Å². The first-order valence-electron chi connectivity index (χ1n) is 9.53. The van der Waals surface area contributed by atoms with E-state index in [2.05, 4.69) is 5.32 Å². The summed E-state index contributed by atoms with van der Waals surface area (Å²) < 4.78 is 0. The van der Waals surface area contributed by atoms with E-state index in [4.69, 9.17) is 0 Å². The minimum absolute atomic E-state index is 0.00773. The fourth-order valence-corrected chi connectivity index (χ4v) is 5.97. The molecule has 5 rings (SSSR count). The van der Waals surface area contributed by atoms with E-state index in [0.717, 1.165) is 30.4 Å². The Morgan fingerprint density at radius 2 is 1.76 bits per heavy atom. The van der Waals surface area contributed by atoms with E-state index in [1.807, 2.05) is 31.2 Å². The molecule has 0 spiro atoms. The molecule has 0 aliphatic heterocycles. The molecule has 25 heavy (non-hydrogen) atoms. The highest BCUT2D eigenvalue weighted by Crippen LogP contribution is 2.60. The van der Waals surface area contributed by atoms with Gasteiger partial charge in [0, 0.05) is 11.8 Å². The fourth-order valence-electron chi connectivity index (χ4n) is 5.97. The number of hydrogen-bond donors (Lipinski definition) is 2. The topological polar surface area (TPSA) is 66.4 Å². The van der Waals surface area contributed by atoms with Crippen LogP contribution in [-0.4, -0.2) is 23.0 Å². The lowest BCUT2D eigenvalue weighted by Gasteiger charge is -2.55. The van der Waals surface area contributed by atoms with Crippen molar-refractivity contribution in [2.45, 2.75) is 57.9 Å². The Morgan fingerprint density at radius 1 is 1.16 bits per heavy atom. The van der Waals surface area contributed by atoms with Gasteiger partial charge < -0.3 is 10.4 Å². The Morgan fingerprint density at radius 3 is 2.28 bits per heavy atom. The second-order valence-corrected chi connectivity index (χ2v) is 8.76. The Kier molecular flexibility index (Phi) is 4.09. The Bertz CT molecular complexity index is 661. The van der Waals surface area contributed by atoms with Crippen molar-refractivity contribution < 1.29 is 14.7 Å². The number of rotatable bonds is 5. The predicted molar refractivity (Wildman–Crippen MR) is 95.1 cm³/mol. The minimum atomic E-state index is -0.945. The number of carbonyl (C=O) groups excluding carboxylic acids is 1. The van der Waals surface area contributed by atoms with Crippen LogP contribution in [0.5, 0.6) is 0 Å². The summed E-state index contributed by atoms with van der Waals surface area (Å²) in [6.07, 6.45) is 7.05. The first-order valence-corrected chi connectivity index (χ1v) is 9.53. The average Bonchev–Trinajstić information content (AvgIpc) is 2.52. The van der Waals surface area contributed by atoms with Gasteiger partial charge >= 0.3 is 5.97 Å². The molecule has 4 nitrogen and oxygen atoms in total. The molecule has 4 aliphatic rings. The van der Waals surface area contributed by atoms with Crippen molar-refractivity contribution in [3.05, 3.63) is 35.4 Å². The highest BCUT2D eigenvalue weighted by Gasteiger charge is 2.54. The van der Waals surface area contributed by atoms with Crippen molar-refractivity contribution in [2.75, 3.05) is 0 Å². The normalized spacial score (nSPS) is 33.9. The van der Waals surface area contributed by atoms with Crippen LogP contribution in [0.1, 0.15) is 49.7 Å². The van der Waals surface area contributed by atoms with Gasteiger partial charge in [0.15, 0.2) is 0 Å². The molecule has 134 valence electrons. The highest BCUT2D eigenvalue weighted by atomic mass is 16.4. The van der Waals surface area contributed by atoms with Crippen molar-refractivity contribution in [3.63, 3.8) is 0 Å². The van der Waals surface area contributed by atoms with Gasteiger partial charge in [-0.1, -0.05) is 29.8 Å². The molecule has 0 heterocycles. The molecule has 0 aromatic heterocycles. The first kappa shape index (κ1) is 16.6. The third kappa shape index (κ3) is 3.19. The van der Waals surface area contributed by atoms with Gasteiger partial charge in [-0.05, 0) is 68.8 Å². The van der Waals surface area contributed by atoms with Crippen LogP contribution in [0.2, 0.25) is 0 Å². The molecule has 1 aromatic rings. The third-order valence-electron chi connectivity index (χ3n) is 6.65. The molecule has 0 saturated heterocycles. The number of benzene rings is 1. The summed E-state index contributed by atoms with van der Waals surface area (Å²) in [4.78, 5) is 24.8. The molecule has 1 amide bonds. The maximum Gasteiger partial charge on any atom is 0.326 e. The lowest BCUT2D eigenvalue weighted by molar-refractivity contribution is -0.151. The summed E-state index contributed by atoms with van der Waals surface area (Å²) in [5, 5.41) is 12.5. The zero-order valence-electron chi connectivity index (χ0n) is 14.8. The number of carboxylic acids is 1. The van der Waals surface area contributed by atoms with Crippen LogP contribution in [-0.2, 0) is 16.0 Å². The summed E-state index contributed by atoms with van der Waals surface area (Å²) in [6, 6.07) is 7.01. The molecular weight excluding hydrogens is 314 g/mol. The fraction of sp³-hybridized carbons (Fsp3) is 0.619. The van der Waals surface area contributed by atoms with E-state index >= 15 is 0 Å². The lowest BCUT2D eigenvalue weighted by Crippen LogP contribution is -2.56. The number of amides is 1. The van der Waals surface area contributed by atoms with Gasteiger partial charge in [-0.3, -0.25) is 4.79 Å². The number of aryl methyl sites for hydroxylation is 1. The molecule has 4 bridgehead atoms. The van der Waals surface area contributed by atoms with E-state index in [9.17, 15) is 14.7 Å². The predicted octanol–water partition coefficient (Wildman–Crippen LogP) is 3.32. The van der Waals surface area contributed by atoms with Crippen LogP contribution in [0, 0.1) is 30.1 Å². The van der Waals surface area contributed by atoms with E-state index in [1.54, 1.807) is 0 Å². The summed E-state index contributed by atoms with van der Waals surface area (Å²) in [5.41, 5.74) is 1.77. The van der Waals surface area contributed by atoms with Crippen LogP contribution in [0.15, 0.2) is 24.3 Å². The second-order valence-electron chi connectivity index (χ2n) is 8.76.